The van der Waals surface area contributed by atoms with Crippen molar-refractivity contribution in [1.82, 2.24) is 9.88 Å². The highest BCUT2D eigenvalue weighted by molar-refractivity contribution is 5.97. The number of hydrogen-bond donors (Lipinski definition) is 1. The fraction of sp³-hybridized carbons (Fsp3) is 0.500. The van der Waals surface area contributed by atoms with Gasteiger partial charge in [0.15, 0.2) is 0 Å². The molecule has 2 N–H and O–H groups in total. The summed E-state index contributed by atoms with van der Waals surface area (Å²) in [5.74, 6) is 0.255. The van der Waals surface area contributed by atoms with Crippen LogP contribution in [0.15, 0.2) is 36.5 Å². The van der Waals surface area contributed by atoms with Crippen molar-refractivity contribution in [3.63, 3.8) is 0 Å². The van der Waals surface area contributed by atoms with E-state index in [1.165, 1.54) is 19.3 Å². The minimum Gasteiger partial charge on any atom is -0.340 e. The third-order valence-electron chi connectivity index (χ3n) is 6.63. The molecular formula is C20H23N3O. The van der Waals surface area contributed by atoms with Gasteiger partial charge in [-0.3, -0.25) is 9.78 Å². The van der Waals surface area contributed by atoms with Crippen LogP contribution in [0.4, 0.5) is 0 Å². The molecule has 1 aromatic heterocycles. The first-order chi connectivity index (χ1) is 11.6. The summed E-state index contributed by atoms with van der Waals surface area (Å²) in [4.78, 5) is 20.1. The Morgan fingerprint density at radius 3 is 2.62 bits per heavy atom. The maximum Gasteiger partial charge on any atom is 0.234 e. The number of amides is 1. The SMILES string of the molecule is NC1CN(C(=O)C2(c3nccc4ccccc34)CC2)CC12CCC2. The van der Waals surface area contributed by atoms with Crippen LogP contribution >= 0.6 is 0 Å². The molecule has 5 rings (SSSR count). The van der Waals surface area contributed by atoms with Crippen molar-refractivity contribution in [1.29, 1.82) is 0 Å². The molecule has 1 spiro atoms. The monoisotopic (exact) mass is 321 g/mol. The standard InChI is InChI=1S/C20H23N3O/c21-16-12-23(13-19(16)7-3-8-19)18(24)20(9-10-20)17-15-5-2-1-4-14(15)6-11-22-17/h1-2,4-6,11,16H,3,7-10,12-13,21H2. The Morgan fingerprint density at radius 2 is 1.96 bits per heavy atom. The zero-order valence-corrected chi connectivity index (χ0v) is 13.9. The first-order valence-electron chi connectivity index (χ1n) is 9.04. The summed E-state index contributed by atoms with van der Waals surface area (Å²) in [5, 5.41) is 2.28. The Labute approximate surface area is 142 Å². The highest BCUT2D eigenvalue weighted by Crippen LogP contribution is 2.53. The molecule has 4 nitrogen and oxygen atoms in total. The molecule has 1 amide bonds. The number of carbonyl (C=O) groups is 1. The molecule has 2 aromatic rings. The fourth-order valence-electron chi connectivity index (χ4n) is 4.79. The van der Waals surface area contributed by atoms with Crippen LogP contribution in [0, 0.1) is 5.41 Å². The van der Waals surface area contributed by atoms with Crippen LogP contribution < -0.4 is 5.73 Å². The molecule has 3 fully saturated rings. The first kappa shape index (κ1) is 14.4. The molecule has 1 saturated heterocycles. The maximum atomic E-state index is 13.4. The lowest BCUT2D eigenvalue weighted by atomic mass is 9.66. The van der Waals surface area contributed by atoms with Crippen LogP contribution in [-0.4, -0.2) is 34.9 Å². The Bertz CT molecular complexity index is 817. The maximum absolute atomic E-state index is 13.4. The van der Waals surface area contributed by atoms with Gasteiger partial charge in [0.25, 0.3) is 0 Å². The molecular weight excluding hydrogens is 298 g/mol. The van der Waals surface area contributed by atoms with Gasteiger partial charge < -0.3 is 10.6 Å². The number of pyridine rings is 1. The molecule has 2 saturated carbocycles. The lowest BCUT2D eigenvalue weighted by molar-refractivity contribution is -0.133. The van der Waals surface area contributed by atoms with Gasteiger partial charge in [-0.2, -0.15) is 0 Å². The molecule has 1 aromatic carbocycles. The van der Waals surface area contributed by atoms with Gasteiger partial charge in [0.2, 0.25) is 5.91 Å². The number of rotatable bonds is 2. The zero-order chi connectivity index (χ0) is 16.4. The molecule has 3 aliphatic rings. The van der Waals surface area contributed by atoms with E-state index in [4.69, 9.17) is 5.73 Å². The van der Waals surface area contributed by atoms with E-state index >= 15 is 0 Å². The minimum atomic E-state index is -0.407. The summed E-state index contributed by atoms with van der Waals surface area (Å²) in [5.41, 5.74) is 7.15. The molecule has 1 aliphatic heterocycles. The lowest BCUT2D eigenvalue weighted by Gasteiger charge is -2.41. The Balaban J connectivity index is 1.51. The van der Waals surface area contributed by atoms with E-state index in [2.05, 4.69) is 17.1 Å². The van der Waals surface area contributed by atoms with Crippen LogP contribution in [-0.2, 0) is 10.2 Å². The van der Waals surface area contributed by atoms with Gasteiger partial charge >= 0.3 is 0 Å². The van der Waals surface area contributed by atoms with E-state index in [1.54, 1.807) is 0 Å². The summed E-state index contributed by atoms with van der Waals surface area (Å²) in [6.07, 6.45) is 7.27. The zero-order valence-electron chi connectivity index (χ0n) is 13.9. The van der Waals surface area contributed by atoms with E-state index < -0.39 is 5.41 Å². The quantitative estimate of drug-likeness (QED) is 0.925. The number of carbonyl (C=O) groups excluding carboxylic acids is 1. The van der Waals surface area contributed by atoms with Gasteiger partial charge in [-0.25, -0.2) is 0 Å². The average Bonchev–Trinajstić information content (AvgIpc) is 3.30. The van der Waals surface area contributed by atoms with Crippen LogP contribution in [0.25, 0.3) is 10.8 Å². The van der Waals surface area contributed by atoms with Crippen LogP contribution in [0.1, 0.15) is 37.8 Å². The second kappa shape index (κ2) is 4.79. The highest BCUT2D eigenvalue weighted by atomic mass is 16.2. The normalized spacial score (nSPS) is 26.5. The van der Waals surface area contributed by atoms with Crippen molar-refractivity contribution in [2.45, 2.75) is 43.6 Å². The van der Waals surface area contributed by atoms with E-state index in [9.17, 15) is 4.79 Å². The molecule has 124 valence electrons. The Hall–Kier alpha value is -1.94. The minimum absolute atomic E-state index is 0.145. The smallest absolute Gasteiger partial charge is 0.234 e. The number of aromatic nitrogens is 1. The van der Waals surface area contributed by atoms with Gasteiger partial charge in [0.05, 0.1) is 11.1 Å². The molecule has 4 heteroatoms. The average molecular weight is 321 g/mol. The number of fused-ring (bicyclic) bond motifs is 1. The van der Waals surface area contributed by atoms with Gasteiger partial charge in [-0.05, 0) is 37.1 Å². The molecule has 0 radical (unpaired) electrons. The number of nitrogens with zero attached hydrogens (tertiary/aromatic N) is 2. The predicted molar refractivity (Wildman–Crippen MR) is 93.5 cm³/mol. The van der Waals surface area contributed by atoms with E-state index in [1.807, 2.05) is 29.3 Å². The van der Waals surface area contributed by atoms with Crippen molar-refractivity contribution >= 4 is 16.7 Å². The van der Waals surface area contributed by atoms with Crippen molar-refractivity contribution in [3.05, 3.63) is 42.2 Å². The van der Waals surface area contributed by atoms with Crippen molar-refractivity contribution in [2.24, 2.45) is 11.1 Å². The van der Waals surface area contributed by atoms with Crippen LogP contribution in [0.5, 0.6) is 0 Å². The van der Waals surface area contributed by atoms with Gasteiger partial charge in [0.1, 0.15) is 0 Å². The van der Waals surface area contributed by atoms with E-state index in [-0.39, 0.29) is 17.4 Å². The molecule has 1 atom stereocenters. The van der Waals surface area contributed by atoms with Crippen molar-refractivity contribution < 1.29 is 4.79 Å². The third kappa shape index (κ3) is 1.83. The van der Waals surface area contributed by atoms with Crippen molar-refractivity contribution in [3.8, 4) is 0 Å². The summed E-state index contributed by atoms with van der Waals surface area (Å²) in [6, 6.07) is 10.4. The first-order valence-corrected chi connectivity index (χ1v) is 9.04. The lowest BCUT2D eigenvalue weighted by Crippen LogP contribution is -2.45. The second-order valence-electron chi connectivity index (χ2n) is 7.97. The van der Waals surface area contributed by atoms with Gasteiger partial charge in [-0.1, -0.05) is 30.7 Å². The highest BCUT2D eigenvalue weighted by Gasteiger charge is 2.58. The van der Waals surface area contributed by atoms with E-state index in [0.717, 1.165) is 35.9 Å². The number of hydrogen-bond acceptors (Lipinski definition) is 3. The van der Waals surface area contributed by atoms with Crippen molar-refractivity contribution in [2.75, 3.05) is 13.1 Å². The molecule has 24 heavy (non-hydrogen) atoms. The van der Waals surface area contributed by atoms with Gasteiger partial charge in [-0.15, -0.1) is 0 Å². The van der Waals surface area contributed by atoms with Crippen LogP contribution in [0.2, 0.25) is 0 Å². The topological polar surface area (TPSA) is 59.2 Å². The van der Waals surface area contributed by atoms with Crippen LogP contribution in [0.3, 0.4) is 0 Å². The number of nitrogens with two attached hydrogens (primary N) is 1. The summed E-state index contributed by atoms with van der Waals surface area (Å²) < 4.78 is 0. The Kier molecular flexibility index (Phi) is 2.88. The molecule has 2 heterocycles. The largest absolute Gasteiger partial charge is 0.340 e. The summed E-state index contributed by atoms with van der Waals surface area (Å²) in [7, 11) is 0. The number of likely N-dealkylation sites (tertiary alicyclic amines) is 1. The summed E-state index contributed by atoms with van der Waals surface area (Å²) in [6.45, 7) is 1.56. The second-order valence-corrected chi connectivity index (χ2v) is 7.97. The third-order valence-corrected chi connectivity index (χ3v) is 6.63. The fourth-order valence-corrected chi connectivity index (χ4v) is 4.79. The molecule has 2 aliphatic carbocycles. The Morgan fingerprint density at radius 1 is 1.17 bits per heavy atom. The predicted octanol–water partition coefficient (Wildman–Crippen LogP) is 2.61. The molecule has 0 bridgehead atoms. The molecule has 1 unspecified atom stereocenters. The van der Waals surface area contributed by atoms with E-state index in [0.29, 0.717) is 6.54 Å². The van der Waals surface area contributed by atoms with Gasteiger partial charge in [0, 0.05) is 36.1 Å². The summed E-state index contributed by atoms with van der Waals surface area (Å²) >= 11 is 0. The number of benzene rings is 1.